The first kappa shape index (κ1) is 28.0. The molecule has 0 aliphatic carbocycles. The number of nitrogens with zero attached hydrogens (tertiary/aromatic N) is 2. The monoisotopic (exact) mass is 527 g/mol. The standard InChI is InChI=1S/C24H31Cl2N3O4S/c1-5-6-13-27-24(31)18(3)28(15-19-9-7-17(2)8-10-19)23(30)16-29(34(4,32)33)22-14-20(25)11-12-21(22)26/h7-12,14,18H,5-6,13,15-16H2,1-4H3,(H,27,31)/t18-/m0/s1. The van der Waals surface area contributed by atoms with Gasteiger partial charge < -0.3 is 10.2 Å². The summed E-state index contributed by atoms with van der Waals surface area (Å²) < 4.78 is 26.1. The number of carbonyl (C=O) groups is 2. The molecule has 1 atom stereocenters. The summed E-state index contributed by atoms with van der Waals surface area (Å²) in [4.78, 5) is 27.6. The Kier molecular flexibility index (Phi) is 10.2. The molecule has 0 fully saturated rings. The predicted molar refractivity (Wildman–Crippen MR) is 138 cm³/mol. The SMILES string of the molecule is CCCCNC(=O)[C@H](C)N(Cc1ccc(C)cc1)C(=O)CN(c1cc(Cl)ccc1Cl)S(C)(=O)=O. The van der Waals surface area contributed by atoms with Crippen molar-refractivity contribution in [1.29, 1.82) is 0 Å². The van der Waals surface area contributed by atoms with Gasteiger partial charge in [0.25, 0.3) is 0 Å². The second-order valence-electron chi connectivity index (χ2n) is 8.19. The summed E-state index contributed by atoms with van der Waals surface area (Å²) in [7, 11) is -3.89. The van der Waals surface area contributed by atoms with E-state index in [1.54, 1.807) is 6.92 Å². The maximum absolute atomic E-state index is 13.5. The third kappa shape index (κ3) is 7.89. The van der Waals surface area contributed by atoms with Crippen LogP contribution in [0.3, 0.4) is 0 Å². The van der Waals surface area contributed by atoms with Crippen molar-refractivity contribution < 1.29 is 18.0 Å². The van der Waals surface area contributed by atoms with Crippen LogP contribution in [0.15, 0.2) is 42.5 Å². The van der Waals surface area contributed by atoms with E-state index in [1.807, 2.05) is 38.1 Å². The first-order valence-electron chi connectivity index (χ1n) is 11.0. The van der Waals surface area contributed by atoms with Crippen LogP contribution < -0.4 is 9.62 Å². The molecule has 2 aromatic carbocycles. The van der Waals surface area contributed by atoms with Crippen molar-refractivity contribution in [1.82, 2.24) is 10.2 Å². The number of amides is 2. The van der Waals surface area contributed by atoms with Crippen LogP contribution in [-0.4, -0.2) is 50.5 Å². The molecule has 0 spiro atoms. The zero-order chi connectivity index (χ0) is 25.5. The van der Waals surface area contributed by atoms with E-state index in [2.05, 4.69) is 5.32 Å². The number of anilines is 1. The lowest BCUT2D eigenvalue weighted by molar-refractivity contribution is -0.139. The molecular weight excluding hydrogens is 497 g/mol. The molecular formula is C24H31Cl2N3O4S. The molecule has 7 nitrogen and oxygen atoms in total. The highest BCUT2D eigenvalue weighted by atomic mass is 35.5. The van der Waals surface area contributed by atoms with Gasteiger partial charge in [-0.15, -0.1) is 0 Å². The van der Waals surface area contributed by atoms with E-state index in [0.717, 1.165) is 34.5 Å². The van der Waals surface area contributed by atoms with Crippen molar-refractivity contribution in [3.8, 4) is 0 Å². The summed E-state index contributed by atoms with van der Waals surface area (Å²) in [6.45, 7) is 5.71. The fourth-order valence-electron chi connectivity index (χ4n) is 3.28. The number of unbranched alkanes of at least 4 members (excludes halogenated alkanes) is 1. The van der Waals surface area contributed by atoms with Gasteiger partial charge in [0.05, 0.1) is 17.0 Å². The Balaban J connectivity index is 2.38. The molecule has 0 heterocycles. The molecule has 186 valence electrons. The van der Waals surface area contributed by atoms with E-state index in [9.17, 15) is 18.0 Å². The van der Waals surface area contributed by atoms with Crippen molar-refractivity contribution >= 4 is 50.7 Å². The van der Waals surface area contributed by atoms with Crippen molar-refractivity contribution in [2.45, 2.75) is 46.2 Å². The van der Waals surface area contributed by atoms with Gasteiger partial charge in [-0.2, -0.15) is 0 Å². The van der Waals surface area contributed by atoms with Crippen molar-refractivity contribution in [2.75, 3.05) is 23.7 Å². The molecule has 10 heteroatoms. The lowest BCUT2D eigenvalue weighted by Crippen LogP contribution is -2.51. The van der Waals surface area contributed by atoms with Gasteiger partial charge in [0.15, 0.2) is 0 Å². The zero-order valence-electron chi connectivity index (χ0n) is 19.8. The third-order valence-corrected chi connectivity index (χ3v) is 7.01. The minimum Gasteiger partial charge on any atom is -0.354 e. The number of hydrogen-bond acceptors (Lipinski definition) is 4. The Bertz CT molecular complexity index is 1110. The minimum atomic E-state index is -3.89. The minimum absolute atomic E-state index is 0.0975. The Morgan fingerprint density at radius 3 is 2.32 bits per heavy atom. The van der Waals surface area contributed by atoms with Crippen molar-refractivity contribution in [3.05, 3.63) is 63.6 Å². The highest BCUT2D eigenvalue weighted by Crippen LogP contribution is 2.30. The number of rotatable bonds is 11. The summed E-state index contributed by atoms with van der Waals surface area (Å²) in [5.41, 5.74) is 1.98. The molecule has 0 unspecified atom stereocenters. The van der Waals surface area contributed by atoms with Crippen molar-refractivity contribution in [3.63, 3.8) is 0 Å². The largest absolute Gasteiger partial charge is 0.354 e. The van der Waals surface area contributed by atoms with Gasteiger partial charge >= 0.3 is 0 Å². The fraction of sp³-hybridized carbons (Fsp3) is 0.417. The summed E-state index contributed by atoms with van der Waals surface area (Å²) >= 11 is 12.3. The molecule has 0 saturated heterocycles. The number of hydrogen-bond donors (Lipinski definition) is 1. The fourth-order valence-corrected chi connectivity index (χ4v) is 4.57. The van der Waals surface area contributed by atoms with Crippen LogP contribution >= 0.6 is 23.2 Å². The molecule has 0 aromatic heterocycles. The smallest absolute Gasteiger partial charge is 0.244 e. The zero-order valence-corrected chi connectivity index (χ0v) is 22.2. The molecule has 2 aromatic rings. The number of aryl methyl sites for hydroxylation is 1. The van der Waals surface area contributed by atoms with Gasteiger partial charge in [-0.1, -0.05) is 66.4 Å². The second-order valence-corrected chi connectivity index (χ2v) is 10.9. The van der Waals surface area contributed by atoms with Crippen LogP contribution in [-0.2, 0) is 26.2 Å². The molecule has 0 bridgehead atoms. The van der Waals surface area contributed by atoms with Gasteiger partial charge in [-0.05, 0) is 44.0 Å². The summed E-state index contributed by atoms with van der Waals surface area (Å²) in [5, 5.41) is 3.26. The highest BCUT2D eigenvalue weighted by Gasteiger charge is 2.30. The van der Waals surface area contributed by atoms with Crippen LogP contribution in [0, 0.1) is 6.92 Å². The quantitative estimate of drug-likeness (QED) is 0.438. The van der Waals surface area contributed by atoms with Gasteiger partial charge in [-0.25, -0.2) is 8.42 Å². The topological polar surface area (TPSA) is 86.8 Å². The number of carbonyl (C=O) groups excluding carboxylic acids is 2. The maximum Gasteiger partial charge on any atom is 0.244 e. The first-order chi connectivity index (χ1) is 15.9. The van der Waals surface area contributed by atoms with E-state index in [1.165, 1.54) is 23.1 Å². The van der Waals surface area contributed by atoms with Gasteiger partial charge in [-0.3, -0.25) is 13.9 Å². The Labute approximate surface area is 212 Å². The van der Waals surface area contributed by atoms with Crippen LogP contribution in [0.1, 0.15) is 37.8 Å². The first-order valence-corrected chi connectivity index (χ1v) is 13.6. The summed E-state index contributed by atoms with van der Waals surface area (Å²) in [6.07, 6.45) is 2.73. The van der Waals surface area contributed by atoms with E-state index in [0.29, 0.717) is 6.54 Å². The Morgan fingerprint density at radius 1 is 1.09 bits per heavy atom. The predicted octanol–water partition coefficient (Wildman–Crippen LogP) is 4.40. The van der Waals surface area contributed by atoms with Crippen LogP contribution in [0.4, 0.5) is 5.69 Å². The molecule has 2 amide bonds. The van der Waals surface area contributed by atoms with Crippen LogP contribution in [0.5, 0.6) is 0 Å². The molecule has 0 radical (unpaired) electrons. The van der Waals surface area contributed by atoms with Gasteiger partial charge in [0, 0.05) is 18.1 Å². The number of sulfonamides is 1. The summed E-state index contributed by atoms with van der Waals surface area (Å²) in [6, 6.07) is 11.2. The number of benzene rings is 2. The highest BCUT2D eigenvalue weighted by molar-refractivity contribution is 7.92. The summed E-state index contributed by atoms with van der Waals surface area (Å²) in [5.74, 6) is -0.846. The molecule has 1 N–H and O–H groups in total. The maximum atomic E-state index is 13.5. The van der Waals surface area contributed by atoms with Crippen LogP contribution in [0.2, 0.25) is 10.0 Å². The van der Waals surface area contributed by atoms with Gasteiger partial charge in [0.2, 0.25) is 21.8 Å². The molecule has 2 rings (SSSR count). The number of nitrogens with one attached hydrogen (secondary N) is 1. The third-order valence-electron chi connectivity index (χ3n) is 5.33. The van der Waals surface area contributed by atoms with E-state index < -0.39 is 28.5 Å². The van der Waals surface area contributed by atoms with Gasteiger partial charge in [0.1, 0.15) is 12.6 Å². The molecule has 0 aliphatic heterocycles. The van der Waals surface area contributed by atoms with E-state index >= 15 is 0 Å². The normalized spacial score (nSPS) is 12.2. The molecule has 34 heavy (non-hydrogen) atoms. The van der Waals surface area contributed by atoms with Crippen molar-refractivity contribution in [2.24, 2.45) is 0 Å². The Morgan fingerprint density at radius 2 is 1.74 bits per heavy atom. The average molecular weight is 529 g/mol. The molecule has 0 aliphatic rings. The van der Waals surface area contributed by atoms with Crippen LogP contribution in [0.25, 0.3) is 0 Å². The lowest BCUT2D eigenvalue weighted by atomic mass is 10.1. The second kappa shape index (κ2) is 12.4. The number of halogens is 2. The Hall–Kier alpha value is -2.29. The van der Waals surface area contributed by atoms with E-state index in [4.69, 9.17) is 23.2 Å². The van der Waals surface area contributed by atoms with E-state index in [-0.39, 0.29) is 28.2 Å². The molecule has 0 saturated carbocycles. The lowest BCUT2D eigenvalue weighted by Gasteiger charge is -2.31. The average Bonchev–Trinajstić information content (AvgIpc) is 2.77.